The molecule has 11 nitrogen and oxygen atoms in total. The Morgan fingerprint density at radius 2 is 0.931 bits per heavy atom. The van der Waals surface area contributed by atoms with E-state index >= 15 is 0 Å². The number of hydrogen-bond acceptors (Lipinski definition) is 9. The smallest absolute Gasteiger partial charge is 0.481 e. The topological polar surface area (TPSA) is 171 Å². The highest BCUT2D eigenvalue weighted by atomic mass is 19.4. The summed E-state index contributed by atoms with van der Waals surface area (Å²) in [4.78, 5) is 65.5. The van der Waals surface area contributed by atoms with Gasteiger partial charge in [0.2, 0.25) is 12.2 Å². The first-order valence-electron chi connectivity index (χ1n) is 6.69. The lowest BCUT2D eigenvalue weighted by atomic mass is 10.2. The van der Waals surface area contributed by atoms with Crippen LogP contribution in [-0.4, -0.2) is 70.6 Å². The molecule has 0 spiro atoms. The summed E-state index contributed by atoms with van der Waals surface area (Å²) in [6.45, 7) is 0. The van der Waals surface area contributed by atoms with Gasteiger partial charge in [0, 0.05) is 0 Å². The van der Waals surface area contributed by atoms with E-state index in [1.807, 2.05) is 0 Å². The Bertz CT molecular complexity index is 637. The molecule has 0 saturated carbocycles. The van der Waals surface area contributed by atoms with Crippen LogP contribution < -0.4 is 0 Å². The molecule has 2 N–H and O–H groups in total. The predicted octanol–water partition coefficient (Wildman–Crippen LogP) is -0.0462. The number of carboxylic acid groups (broad SMARTS) is 2. The third kappa shape index (κ3) is 9.38. The van der Waals surface area contributed by atoms with Crippen molar-refractivity contribution in [3.05, 3.63) is 0 Å². The first kappa shape index (κ1) is 25.6. The van der Waals surface area contributed by atoms with Gasteiger partial charge in [0.15, 0.2) is 0 Å². The molecule has 0 bridgehead atoms. The summed E-state index contributed by atoms with van der Waals surface area (Å²) in [5, 5.41) is 17.0. The summed E-state index contributed by atoms with van der Waals surface area (Å²) in [6, 6.07) is 0. The first-order valence-corrected chi connectivity index (χ1v) is 6.69. The van der Waals surface area contributed by atoms with Crippen LogP contribution in [0.25, 0.3) is 0 Å². The van der Waals surface area contributed by atoms with E-state index in [-0.39, 0.29) is 0 Å². The van der Waals surface area contributed by atoms with Gasteiger partial charge in [-0.15, -0.1) is 0 Å². The molecule has 0 aliphatic rings. The SMILES string of the molecule is O=C(O)CC(OC(=O)C(F)(F)F)C(=O)OC(=O)C(CC(=O)O)OC(=O)C(F)(F)F. The minimum atomic E-state index is -5.70. The molecule has 0 saturated heterocycles. The first-order chi connectivity index (χ1) is 12.9. The highest BCUT2D eigenvalue weighted by Gasteiger charge is 2.46. The van der Waals surface area contributed by atoms with E-state index < -0.39 is 73.2 Å². The van der Waals surface area contributed by atoms with Crippen molar-refractivity contribution in [2.24, 2.45) is 0 Å². The Labute approximate surface area is 154 Å². The number of alkyl halides is 6. The lowest BCUT2D eigenvalue weighted by Gasteiger charge is -2.18. The largest absolute Gasteiger partial charge is 0.490 e. The number of carbonyl (C=O) groups excluding carboxylic acids is 4. The number of halogens is 6. The van der Waals surface area contributed by atoms with E-state index in [9.17, 15) is 55.1 Å². The molecule has 0 aromatic rings. The molecule has 0 aliphatic carbocycles. The molecule has 0 amide bonds. The van der Waals surface area contributed by atoms with Crippen molar-refractivity contribution in [3.63, 3.8) is 0 Å². The molecular formula is C12H8F6O11. The Morgan fingerprint density at radius 1 is 0.655 bits per heavy atom. The molecule has 0 aromatic heterocycles. The fourth-order valence-corrected chi connectivity index (χ4v) is 1.29. The maximum atomic E-state index is 12.1. The fourth-order valence-electron chi connectivity index (χ4n) is 1.29. The zero-order valence-corrected chi connectivity index (χ0v) is 13.4. The van der Waals surface area contributed by atoms with Gasteiger partial charge in [0.1, 0.15) is 0 Å². The predicted molar refractivity (Wildman–Crippen MR) is 67.5 cm³/mol. The van der Waals surface area contributed by atoms with Crippen molar-refractivity contribution in [2.45, 2.75) is 37.4 Å². The zero-order valence-electron chi connectivity index (χ0n) is 13.4. The number of carboxylic acids is 2. The summed E-state index contributed by atoms with van der Waals surface area (Å²) in [7, 11) is 0. The van der Waals surface area contributed by atoms with Crippen LogP contribution in [0.1, 0.15) is 12.8 Å². The Morgan fingerprint density at radius 3 is 1.14 bits per heavy atom. The highest BCUT2D eigenvalue weighted by Crippen LogP contribution is 2.20. The second-order valence-electron chi connectivity index (χ2n) is 4.72. The van der Waals surface area contributed by atoms with Crippen molar-refractivity contribution in [3.8, 4) is 0 Å². The molecule has 29 heavy (non-hydrogen) atoms. The van der Waals surface area contributed by atoms with E-state index in [0.29, 0.717) is 0 Å². The molecule has 0 fully saturated rings. The van der Waals surface area contributed by atoms with Gasteiger partial charge in [-0.05, 0) is 0 Å². The van der Waals surface area contributed by atoms with Crippen LogP contribution in [0, 0.1) is 0 Å². The highest BCUT2D eigenvalue weighted by molar-refractivity contribution is 5.95. The summed E-state index contributed by atoms with van der Waals surface area (Å²) in [5.41, 5.74) is 0. The molecule has 2 unspecified atom stereocenters. The molecule has 2 atom stereocenters. The number of esters is 4. The maximum Gasteiger partial charge on any atom is 0.490 e. The molecule has 17 heteroatoms. The third-order valence-electron chi connectivity index (χ3n) is 2.41. The minimum absolute atomic E-state index is 1.67. The summed E-state index contributed by atoms with van der Waals surface area (Å²) < 4.78 is 83.5. The van der Waals surface area contributed by atoms with Crippen LogP contribution in [0.2, 0.25) is 0 Å². The summed E-state index contributed by atoms with van der Waals surface area (Å²) >= 11 is 0. The van der Waals surface area contributed by atoms with E-state index in [4.69, 9.17) is 10.2 Å². The number of aliphatic carboxylic acids is 2. The number of ether oxygens (including phenoxy) is 3. The van der Waals surface area contributed by atoms with Crippen LogP contribution >= 0.6 is 0 Å². The number of hydrogen-bond donors (Lipinski definition) is 2. The van der Waals surface area contributed by atoms with Crippen LogP contribution in [-0.2, 0) is 43.0 Å². The average Bonchev–Trinajstić information content (AvgIpc) is 2.50. The van der Waals surface area contributed by atoms with Crippen molar-refractivity contribution >= 4 is 35.8 Å². The number of carbonyl (C=O) groups is 6. The summed E-state index contributed by atoms with van der Waals surface area (Å²) in [6.07, 6.45) is -20.5. The van der Waals surface area contributed by atoms with Crippen molar-refractivity contribution in [2.75, 3.05) is 0 Å². The molecule has 0 aliphatic heterocycles. The quantitative estimate of drug-likeness (QED) is 0.224. The Hall–Kier alpha value is -3.40. The van der Waals surface area contributed by atoms with E-state index in [2.05, 4.69) is 14.2 Å². The van der Waals surface area contributed by atoms with Gasteiger partial charge >= 0.3 is 48.2 Å². The molecule has 0 heterocycles. The van der Waals surface area contributed by atoms with Crippen LogP contribution in [0.4, 0.5) is 26.3 Å². The van der Waals surface area contributed by atoms with Gasteiger partial charge in [0.25, 0.3) is 0 Å². The maximum absolute atomic E-state index is 12.1. The Kier molecular flexibility index (Phi) is 8.56. The zero-order chi connectivity index (χ0) is 23.2. The molecule has 164 valence electrons. The van der Waals surface area contributed by atoms with E-state index in [0.717, 1.165) is 0 Å². The molecule has 0 aromatic carbocycles. The van der Waals surface area contributed by atoms with Crippen LogP contribution in [0.5, 0.6) is 0 Å². The second kappa shape index (κ2) is 9.69. The second-order valence-corrected chi connectivity index (χ2v) is 4.72. The van der Waals surface area contributed by atoms with Crippen molar-refractivity contribution < 1.29 is 79.5 Å². The van der Waals surface area contributed by atoms with Gasteiger partial charge < -0.3 is 24.4 Å². The molecule has 0 rings (SSSR count). The van der Waals surface area contributed by atoms with Crippen molar-refractivity contribution in [1.29, 1.82) is 0 Å². The lowest BCUT2D eigenvalue weighted by molar-refractivity contribution is -0.213. The van der Waals surface area contributed by atoms with Gasteiger partial charge in [-0.1, -0.05) is 0 Å². The molecule has 0 radical (unpaired) electrons. The summed E-state index contributed by atoms with van der Waals surface area (Å²) in [5.74, 6) is -14.8. The fraction of sp³-hybridized carbons (Fsp3) is 0.500. The molecular weight excluding hydrogens is 434 g/mol. The van der Waals surface area contributed by atoms with Gasteiger partial charge in [-0.2, -0.15) is 26.3 Å². The minimum Gasteiger partial charge on any atom is -0.481 e. The third-order valence-corrected chi connectivity index (χ3v) is 2.41. The van der Waals surface area contributed by atoms with Gasteiger partial charge in [-0.3, -0.25) is 9.59 Å². The van der Waals surface area contributed by atoms with E-state index in [1.165, 1.54) is 0 Å². The number of rotatable bonds is 8. The van der Waals surface area contributed by atoms with Crippen LogP contribution in [0.15, 0.2) is 0 Å². The monoisotopic (exact) mass is 442 g/mol. The van der Waals surface area contributed by atoms with Gasteiger partial charge in [0.05, 0.1) is 12.8 Å². The van der Waals surface area contributed by atoms with Crippen molar-refractivity contribution in [1.82, 2.24) is 0 Å². The lowest BCUT2D eigenvalue weighted by Crippen LogP contribution is -2.41. The van der Waals surface area contributed by atoms with Gasteiger partial charge in [-0.25, -0.2) is 19.2 Å². The Balaban J connectivity index is 5.42. The van der Waals surface area contributed by atoms with E-state index in [1.54, 1.807) is 0 Å². The van der Waals surface area contributed by atoms with Crippen LogP contribution in [0.3, 0.4) is 0 Å². The standard InChI is InChI=1S/C12H8F6O11/c13-11(14,15)9(25)27-3(1-5(19)20)7(23)29-8(24)4(2-6(21)22)28-10(26)12(16,17)18/h3-4H,1-2H2,(H,19,20)(H,21,22). The average molecular weight is 442 g/mol. The normalized spacial score (nSPS) is 13.6.